The fourth-order valence-electron chi connectivity index (χ4n) is 3.46. The maximum atomic E-state index is 13.1. The first kappa shape index (κ1) is 25.7. The van der Waals surface area contributed by atoms with Crippen molar-refractivity contribution in [3.05, 3.63) is 41.1 Å². The Morgan fingerprint density at radius 1 is 1.32 bits per heavy atom. The van der Waals surface area contributed by atoms with Crippen LogP contribution in [0, 0.1) is 5.92 Å². The van der Waals surface area contributed by atoms with Crippen LogP contribution < -0.4 is 15.2 Å². The minimum Gasteiger partial charge on any atom is -0.458 e. The SMILES string of the molecule is CC(=O)CC1(C(N)=O)N=C(OC(=O)C(CC(C)C)N2CC(Oc3ccccc3Cl)=CC2=O)SN1. The molecule has 0 aliphatic carbocycles. The Balaban J connectivity index is 1.75. The molecule has 2 heterocycles. The van der Waals surface area contributed by atoms with Crippen LogP contribution in [0.25, 0.3) is 0 Å². The van der Waals surface area contributed by atoms with Gasteiger partial charge in [0.15, 0.2) is 0 Å². The highest BCUT2D eigenvalue weighted by atomic mass is 35.5. The van der Waals surface area contributed by atoms with Crippen molar-refractivity contribution in [2.45, 2.75) is 45.3 Å². The van der Waals surface area contributed by atoms with Gasteiger partial charge in [0, 0.05) is 18.0 Å². The molecule has 0 bridgehead atoms. The van der Waals surface area contributed by atoms with E-state index in [1.165, 1.54) is 17.9 Å². The van der Waals surface area contributed by atoms with E-state index in [-0.39, 0.29) is 29.9 Å². The second-order valence-corrected chi connectivity index (χ2v) is 9.53. The van der Waals surface area contributed by atoms with Crippen molar-refractivity contribution in [3.8, 4) is 5.75 Å². The Labute approximate surface area is 206 Å². The average Bonchev–Trinajstić information content (AvgIpc) is 3.31. The molecule has 2 atom stereocenters. The van der Waals surface area contributed by atoms with Gasteiger partial charge in [0.1, 0.15) is 23.3 Å². The first-order chi connectivity index (χ1) is 16.0. The van der Waals surface area contributed by atoms with Gasteiger partial charge in [-0.1, -0.05) is 37.6 Å². The van der Waals surface area contributed by atoms with Gasteiger partial charge >= 0.3 is 5.97 Å². The molecule has 2 aliphatic heterocycles. The van der Waals surface area contributed by atoms with E-state index in [4.69, 9.17) is 26.8 Å². The van der Waals surface area contributed by atoms with Gasteiger partial charge in [-0.15, -0.1) is 0 Å². The molecule has 2 aliphatic rings. The molecule has 1 aromatic carbocycles. The molecule has 0 saturated carbocycles. The zero-order chi connectivity index (χ0) is 25.0. The highest BCUT2D eigenvalue weighted by Crippen LogP contribution is 2.30. The van der Waals surface area contributed by atoms with E-state index in [2.05, 4.69) is 9.71 Å². The number of Topliss-reactive ketones (excluding diaryl/α,β-unsaturated/α-hetero) is 1. The van der Waals surface area contributed by atoms with Gasteiger partial charge in [-0.05, 0) is 31.4 Å². The lowest BCUT2D eigenvalue weighted by Crippen LogP contribution is -2.50. The summed E-state index contributed by atoms with van der Waals surface area (Å²) in [4.78, 5) is 54.7. The number of ketones is 1. The minimum atomic E-state index is -1.69. The van der Waals surface area contributed by atoms with Crippen molar-refractivity contribution >= 4 is 52.3 Å². The molecular weight excluding hydrogens is 484 g/mol. The molecule has 10 nitrogen and oxygen atoms in total. The number of nitrogens with zero attached hydrogens (tertiary/aromatic N) is 2. The lowest BCUT2D eigenvalue weighted by atomic mass is 10.0. The number of ether oxygens (including phenoxy) is 2. The average molecular weight is 509 g/mol. The third kappa shape index (κ3) is 5.96. The second kappa shape index (κ2) is 10.6. The smallest absolute Gasteiger partial charge is 0.336 e. The molecule has 3 rings (SSSR count). The summed E-state index contributed by atoms with van der Waals surface area (Å²) in [5, 5.41) is 0.227. The van der Waals surface area contributed by atoms with Gasteiger partial charge in [0.25, 0.3) is 17.0 Å². The van der Waals surface area contributed by atoms with Crippen molar-refractivity contribution in [2.75, 3.05) is 6.54 Å². The van der Waals surface area contributed by atoms with Crippen LogP contribution in [0.5, 0.6) is 5.75 Å². The van der Waals surface area contributed by atoms with Crippen LogP contribution in [0.2, 0.25) is 5.02 Å². The molecular formula is C22H25ClN4O6S. The third-order valence-electron chi connectivity index (χ3n) is 5.00. The largest absolute Gasteiger partial charge is 0.458 e. The fraction of sp³-hybridized carbons (Fsp3) is 0.409. The normalized spacial score (nSPS) is 20.7. The van der Waals surface area contributed by atoms with Gasteiger partial charge in [0.05, 0.1) is 18.0 Å². The van der Waals surface area contributed by atoms with Crippen molar-refractivity contribution in [2.24, 2.45) is 16.6 Å². The molecule has 182 valence electrons. The maximum Gasteiger partial charge on any atom is 0.336 e. The van der Waals surface area contributed by atoms with E-state index in [1.807, 2.05) is 13.8 Å². The Bertz CT molecular complexity index is 1080. The molecule has 0 spiro atoms. The number of hydrogen-bond donors (Lipinski definition) is 2. The number of nitrogens with two attached hydrogens (primary N) is 1. The van der Waals surface area contributed by atoms with Crippen LogP contribution in [0.15, 0.2) is 41.1 Å². The Morgan fingerprint density at radius 2 is 2.03 bits per heavy atom. The van der Waals surface area contributed by atoms with Gasteiger partial charge in [0.2, 0.25) is 5.66 Å². The van der Waals surface area contributed by atoms with Crippen molar-refractivity contribution in [1.82, 2.24) is 9.62 Å². The quantitative estimate of drug-likeness (QED) is 0.382. The number of rotatable bonds is 9. The zero-order valence-electron chi connectivity index (χ0n) is 18.9. The van der Waals surface area contributed by atoms with Gasteiger partial charge in [-0.25, -0.2) is 14.5 Å². The number of hydrogen-bond acceptors (Lipinski definition) is 9. The Morgan fingerprint density at radius 3 is 2.65 bits per heavy atom. The molecule has 0 fully saturated rings. The molecule has 2 amide bonds. The fourth-order valence-corrected chi connectivity index (χ4v) is 4.43. The monoisotopic (exact) mass is 508 g/mol. The standard InChI is InChI=1S/C22H25ClN4O6S/c1-12(2)8-16(19(30)33-21-25-22(20(24)31,26-34-21)10-13(3)28)27-11-14(9-18(27)29)32-17-7-5-4-6-15(17)23/h4-7,9,12,16,26H,8,10-11H2,1-3H3,(H2,24,31). The molecule has 34 heavy (non-hydrogen) atoms. The summed E-state index contributed by atoms with van der Waals surface area (Å²) in [6.07, 6.45) is 1.33. The summed E-state index contributed by atoms with van der Waals surface area (Å²) < 4.78 is 13.8. The third-order valence-corrected chi connectivity index (χ3v) is 6.11. The summed E-state index contributed by atoms with van der Waals surface area (Å²) in [6.45, 7) is 5.15. The number of halogens is 1. The van der Waals surface area contributed by atoms with Crippen molar-refractivity contribution < 1.29 is 28.7 Å². The predicted molar refractivity (Wildman–Crippen MR) is 127 cm³/mol. The Kier molecular flexibility index (Phi) is 8.01. The highest BCUT2D eigenvalue weighted by Gasteiger charge is 2.45. The molecule has 1 aromatic rings. The van der Waals surface area contributed by atoms with Crippen LogP contribution in [-0.2, 0) is 23.9 Å². The van der Waals surface area contributed by atoms with E-state index in [0.29, 0.717) is 23.0 Å². The van der Waals surface area contributed by atoms with Crippen LogP contribution >= 0.6 is 23.5 Å². The molecule has 3 N–H and O–H groups in total. The van der Waals surface area contributed by atoms with E-state index >= 15 is 0 Å². The minimum absolute atomic E-state index is 0.0456. The summed E-state index contributed by atoms with van der Waals surface area (Å²) >= 11 is 6.91. The van der Waals surface area contributed by atoms with Crippen LogP contribution in [0.1, 0.15) is 33.6 Å². The van der Waals surface area contributed by atoms with E-state index < -0.39 is 29.5 Å². The zero-order valence-corrected chi connectivity index (χ0v) is 20.4. The molecule has 0 saturated heterocycles. The maximum absolute atomic E-state index is 13.1. The number of esters is 1. The summed E-state index contributed by atoms with van der Waals surface area (Å²) in [7, 11) is 0. The first-order valence-corrected chi connectivity index (χ1v) is 11.7. The highest BCUT2D eigenvalue weighted by molar-refractivity contribution is 8.12. The van der Waals surface area contributed by atoms with Crippen LogP contribution in [-0.4, -0.2) is 51.9 Å². The number of aliphatic imine (C=N–C) groups is 1. The summed E-state index contributed by atoms with van der Waals surface area (Å²) in [6, 6.07) is 5.91. The van der Waals surface area contributed by atoms with E-state index in [0.717, 1.165) is 11.9 Å². The number of benzene rings is 1. The molecule has 2 unspecified atom stereocenters. The number of para-hydroxylation sites is 1. The van der Waals surface area contributed by atoms with Crippen LogP contribution in [0.4, 0.5) is 0 Å². The topological polar surface area (TPSA) is 140 Å². The van der Waals surface area contributed by atoms with Gasteiger partial charge in [-0.2, -0.15) is 0 Å². The summed E-state index contributed by atoms with van der Waals surface area (Å²) in [5.41, 5.74) is 3.72. The van der Waals surface area contributed by atoms with E-state index in [9.17, 15) is 19.2 Å². The number of primary amides is 1. The van der Waals surface area contributed by atoms with Crippen molar-refractivity contribution in [1.29, 1.82) is 0 Å². The number of nitrogens with one attached hydrogen (secondary N) is 1. The molecule has 0 radical (unpaired) electrons. The van der Waals surface area contributed by atoms with Gasteiger partial charge < -0.3 is 20.1 Å². The van der Waals surface area contributed by atoms with Crippen LogP contribution in [0.3, 0.4) is 0 Å². The first-order valence-electron chi connectivity index (χ1n) is 10.5. The van der Waals surface area contributed by atoms with Gasteiger partial charge in [-0.3, -0.25) is 14.4 Å². The Hall–Kier alpha value is -2.89. The second-order valence-electron chi connectivity index (χ2n) is 8.36. The molecule has 12 heteroatoms. The molecule has 0 aromatic heterocycles. The number of carbonyl (C=O) groups excluding carboxylic acids is 4. The lowest BCUT2D eigenvalue weighted by Gasteiger charge is -2.27. The summed E-state index contributed by atoms with van der Waals surface area (Å²) in [5.74, 6) is -1.55. The predicted octanol–water partition coefficient (Wildman–Crippen LogP) is 2.17. The lowest BCUT2D eigenvalue weighted by molar-refractivity contribution is -0.146. The van der Waals surface area contributed by atoms with E-state index in [1.54, 1.807) is 24.3 Å². The van der Waals surface area contributed by atoms with Crippen molar-refractivity contribution in [3.63, 3.8) is 0 Å². The number of carbonyl (C=O) groups is 4. The number of amides is 2.